The summed E-state index contributed by atoms with van der Waals surface area (Å²) >= 11 is 23.1. The third-order valence-electron chi connectivity index (χ3n) is 2.38. The molecular weight excluding hydrogens is 299 g/mol. The maximum atomic E-state index is 6.14. The maximum absolute atomic E-state index is 6.14. The van der Waals surface area contributed by atoms with Crippen LogP contribution in [0.15, 0.2) is 12.1 Å². The van der Waals surface area contributed by atoms with Crippen LogP contribution < -0.4 is 5.73 Å². The number of hydrogen-bond acceptors (Lipinski definition) is 2. The van der Waals surface area contributed by atoms with Gasteiger partial charge in [-0.05, 0) is 24.6 Å². The van der Waals surface area contributed by atoms with Crippen molar-refractivity contribution in [3.63, 3.8) is 0 Å². The minimum Gasteiger partial charge on any atom is -0.388 e. The summed E-state index contributed by atoms with van der Waals surface area (Å²) in [6.07, 6.45) is 0. The summed E-state index contributed by atoms with van der Waals surface area (Å²) < 4.78 is 0. The third kappa shape index (κ3) is 2.20. The number of rotatable bonds is 1. The summed E-state index contributed by atoms with van der Waals surface area (Å²) in [5, 5.41) is 1.99. The van der Waals surface area contributed by atoms with E-state index in [1.54, 1.807) is 12.1 Å². The molecule has 0 radical (unpaired) electrons. The Balaban J connectivity index is 2.95. The van der Waals surface area contributed by atoms with Crippen molar-refractivity contribution in [3.05, 3.63) is 38.5 Å². The number of nitrogens with two attached hydrogens (primary N) is 1. The van der Waals surface area contributed by atoms with E-state index in [4.69, 9.17) is 52.8 Å². The van der Waals surface area contributed by atoms with Crippen LogP contribution in [-0.2, 0) is 0 Å². The zero-order chi connectivity index (χ0) is 12.7. The lowest BCUT2D eigenvalue weighted by atomic mass is 10.1. The highest BCUT2D eigenvalue weighted by Gasteiger charge is 2.13. The molecule has 1 aromatic carbocycles. The number of hydrogen-bond donors (Lipinski definition) is 1. The number of pyridine rings is 1. The van der Waals surface area contributed by atoms with Gasteiger partial charge in [-0.3, -0.25) is 0 Å². The molecule has 6 heteroatoms. The summed E-state index contributed by atoms with van der Waals surface area (Å²) in [7, 11) is 0. The van der Waals surface area contributed by atoms with Crippen molar-refractivity contribution < 1.29 is 0 Å². The fourth-order valence-electron chi connectivity index (χ4n) is 1.61. The second-order valence-electron chi connectivity index (χ2n) is 3.57. The molecule has 0 amide bonds. The molecule has 2 N–H and O–H groups in total. The molecule has 0 saturated carbocycles. The van der Waals surface area contributed by atoms with Crippen LogP contribution >= 0.6 is 47.0 Å². The Labute approximate surface area is 119 Å². The summed E-state index contributed by atoms with van der Waals surface area (Å²) in [5.41, 5.74) is 7.52. The van der Waals surface area contributed by atoms with E-state index in [0.717, 1.165) is 10.9 Å². The molecule has 0 spiro atoms. The average molecular weight is 306 g/mol. The van der Waals surface area contributed by atoms with E-state index in [-0.39, 0.29) is 4.99 Å². The van der Waals surface area contributed by atoms with Crippen molar-refractivity contribution >= 4 is 62.9 Å². The molecule has 0 bridgehead atoms. The molecule has 0 fully saturated rings. The third-order valence-corrected chi connectivity index (χ3v) is 3.66. The van der Waals surface area contributed by atoms with E-state index in [1.807, 2.05) is 6.92 Å². The molecule has 2 rings (SSSR count). The topological polar surface area (TPSA) is 38.9 Å². The fourth-order valence-corrected chi connectivity index (χ4v) is 2.51. The molecule has 0 aliphatic heterocycles. The minimum atomic E-state index is 0.220. The molecule has 2 nitrogen and oxygen atoms in total. The van der Waals surface area contributed by atoms with Crippen LogP contribution in [0.5, 0.6) is 0 Å². The first-order valence-electron chi connectivity index (χ1n) is 4.66. The van der Waals surface area contributed by atoms with Gasteiger partial charge in [0.15, 0.2) is 0 Å². The smallest absolute Gasteiger partial charge is 0.122 e. The Morgan fingerprint density at radius 3 is 2.47 bits per heavy atom. The Hall–Kier alpha value is -0.610. The zero-order valence-electron chi connectivity index (χ0n) is 8.72. The predicted molar refractivity (Wildman–Crippen MR) is 77.4 cm³/mol. The number of fused-ring (bicyclic) bond motifs is 1. The van der Waals surface area contributed by atoms with E-state index in [2.05, 4.69) is 4.98 Å². The van der Waals surface area contributed by atoms with Gasteiger partial charge in [0, 0.05) is 5.39 Å². The summed E-state index contributed by atoms with van der Waals surface area (Å²) in [6, 6.07) is 3.33. The van der Waals surface area contributed by atoms with Crippen molar-refractivity contribution in [1.29, 1.82) is 0 Å². The van der Waals surface area contributed by atoms with Gasteiger partial charge in [0.1, 0.15) is 4.99 Å². The number of aromatic nitrogens is 1. The molecule has 1 aromatic heterocycles. The first kappa shape index (κ1) is 12.8. The van der Waals surface area contributed by atoms with Gasteiger partial charge in [-0.25, -0.2) is 4.98 Å². The lowest BCUT2D eigenvalue weighted by Gasteiger charge is -2.09. The van der Waals surface area contributed by atoms with Crippen LogP contribution in [0.4, 0.5) is 0 Å². The monoisotopic (exact) mass is 304 g/mol. The van der Waals surface area contributed by atoms with Crippen LogP contribution in [0, 0.1) is 6.92 Å². The van der Waals surface area contributed by atoms with Gasteiger partial charge < -0.3 is 5.73 Å². The molecule has 17 heavy (non-hydrogen) atoms. The Morgan fingerprint density at radius 2 is 1.88 bits per heavy atom. The zero-order valence-corrected chi connectivity index (χ0v) is 11.8. The van der Waals surface area contributed by atoms with Crippen LogP contribution in [0.3, 0.4) is 0 Å². The standard InChI is InChI=1S/C11H7Cl3N2S/c1-4-2-7(11(15)17)16-10-6(13)3-5(12)9(14)8(4)10/h2-3H,1H3,(H2,15,17). The molecular formula is C11H7Cl3N2S. The number of nitrogens with zero attached hydrogens (tertiary/aromatic N) is 1. The quantitative estimate of drug-likeness (QED) is 0.636. The highest BCUT2D eigenvalue weighted by Crippen LogP contribution is 2.36. The van der Waals surface area contributed by atoms with E-state index in [1.165, 1.54) is 0 Å². The van der Waals surface area contributed by atoms with Crippen molar-refractivity contribution in [2.75, 3.05) is 0 Å². The average Bonchev–Trinajstić information content (AvgIpc) is 2.25. The molecule has 2 aromatic rings. The Kier molecular flexibility index (Phi) is 3.46. The van der Waals surface area contributed by atoms with Crippen molar-refractivity contribution in [3.8, 4) is 0 Å². The van der Waals surface area contributed by atoms with Gasteiger partial charge in [-0.1, -0.05) is 47.0 Å². The summed E-state index contributed by atoms with van der Waals surface area (Å²) in [4.78, 5) is 4.52. The first-order chi connectivity index (χ1) is 7.91. The predicted octanol–water partition coefficient (Wildman–Crippen LogP) is 4.14. The highest BCUT2D eigenvalue weighted by atomic mass is 35.5. The van der Waals surface area contributed by atoms with Gasteiger partial charge in [0.05, 0.1) is 26.3 Å². The lowest BCUT2D eigenvalue weighted by Crippen LogP contribution is -2.12. The van der Waals surface area contributed by atoms with Gasteiger partial charge in [-0.2, -0.15) is 0 Å². The van der Waals surface area contributed by atoms with E-state index < -0.39 is 0 Å². The highest BCUT2D eigenvalue weighted by molar-refractivity contribution is 7.80. The van der Waals surface area contributed by atoms with E-state index >= 15 is 0 Å². The Morgan fingerprint density at radius 1 is 1.24 bits per heavy atom. The molecule has 0 unspecified atom stereocenters. The summed E-state index contributed by atoms with van der Waals surface area (Å²) in [6.45, 7) is 1.88. The molecule has 1 heterocycles. The number of halogens is 3. The van der Waals surface area contributed by atoms with Gasteiger partial charge in [0.25, 0.3) is 0 Å². The van der Waals surface area contributed by atoms with Crippen LogP contribution in [0.2, 0.25) is 15.1 Å². The van der Waals surface area contributed by atoms with Crippen molar-refractivity contribution in [1.82, 2.24) is 4.98 Å². The van der Waals surface area contributed by atoms with Gasteiger partial charge >= 0.3 is 0 Å². The van der Waals surface area contributed by atoms with E-state index in [0.29, 0.717) is 26.3 Å². The fraction of sp³-hybridized carbons (Fsp3) is 0.0909. The molecule has 0 atom stereocenters. The largest absolute Gasteiger partial charge is 0.388 e. The van der Waals surface area contributed by atoms with Crippen molar-refractivity contribution in [2.45, 2.75) is 6.92 Å². The van der Waals surface area contributed by atoms with Crippen LogP contribution in [0.25, 0.3) is 10.9 Å². The number of aryl methyl sites for hydroxylation is 1. The minimum absolute atomic E-state index is 0.220. The second kappa shape index (κ2) is 4.58. The SMILES string of the molecule is Cc1cc(C(N)=S)nc2c(Cl)cc(Cl)c(Cl)c12. The van der Waals surface area contributed by atoms with Gasteiger partial charge in [0.2, 0.25) is 0 Å². The molecule has 0 aliphatic rings. The van der Waals surface area contributed by atoms with Crippen LogP contribution in [-0.4, -0.2) is 9.97 Å². The van der Waals surface area contributed by atoms with Crippen molar-refractivity contribution in [2.24, 2.45) is 5.73 Å². The number of thiocarbonyl (C=S) groups is 1. The maximum Gasteiger partial charge on any atom is 0.122 e. The Bertz CT molecular complexity index is 640. The van der Waals surface area contributed by atoms with Crippen LogP contribution in [0.1, 0.15) is 11.3 Å². The molecule has 0 saturated heterocycles. The molecule has 88 valence electrons. The number of benzene rings is 1. The normalized spacial score (nSPS) is 10.8. The van der Waals surface area contributed by atoms with E-state index in [9.17, 15) is 0 Å². The first-order valence-corrected chi connectivity index (χ1v) is 6.20. The molecule has 0 aliphatic carbocycles. The lowest BCUT2D eigenvalue weighted by molar-refractivity contribution is 1.33. The van der Waals surface area contributed by atoms with Gasteiger partial charge in [-0.15, -0.1) is 0 Å². The summed E-state index contributed by atoms with van der Waals surface area (Å²) in [5.74, 6) is 0. The second-order valence-corrected chi connectivity index (χ2v) is 5.20.